The van der Waals surface area contributed by atoms with Crippen LogP contribution >= 0.6 is 0 Å². The number of carbonyl (C=O) groups excluding carboxylic acids is 1. The van der Waals surface area contributed by atoms with Crippen molar-refractivity contribution in [3.63, 3.8) is 0 Å². The maximum atomic E-state index is 12.1. The Hall–Kier alpha value is -2.57. The van der Waals surface area contributed by atoms with E-state index >= 15 is 0 Å². The van der Waals surface area contributed by atoms with Crippen LogP contribution in [0.2, 0.25) is 0 Å². The van der Waals surface area contributed by atoms with Gasteiger partial charge in [0.2, 0.25) is 0 Å². The van der Waals surface area contributed by atoms with Crippen molar-refractivity contribution < 1.29 is 4.79 Å². The molecule has 0 saturated heterocycles. The first kappa shape index (κ1) is 12.9. The lowest BCUT2D eigenvalue weighted by atomic mass is 10.2. The van der Waals surface area contributed by atoms with Crippen LogP contribution in [0.25, 0.3) is 0 Å². The largest absolute Gasteiger partial charge is 0.396 e. The molecule has 0 unspecified atom stereocenters. The molecule has 98 valence electrons. The quantitative estimate of drug-likeness (QED) is 0.857. The zero-order valence-corrected chi connectivity index (χ0v) is 10.7. The molecular formula is C12H14N6O. The minimum atomic E-state index is -0.428. The van der Waals surface area contributed by atoms with Gasteiger partial charge in [0.25, 0.3) is 5.91 Å². The number of anilines is 2. The van der Waals surface area contributed by atoms with E-state index in [2.05, 4.69) is 25.3 Å². The van der Waals surface area contributed by atoms with Crippen LogP contribution in [0.3, 0.4) is 0 Å². The highest BCUT2D eigenvalue weighted by Gasteiger charge is 2.15. The Kier molecular flexibility index (Phi) is 3.65. The van der Waals surface area contributed by atoms with Crippen LogP contribution in [-0.2, 0) is 0 Å². The summed E-state index contributed by atoms with van der Waals surface area (Å²) in [7, 11) is 0. The van der Waals surface area contributed by atoms with Gasteiger partial charge in [0, 0.05) is 18.3 Å². The van der Waals surface area contributed by atoms with Crippen molar-refractivity contribution >= 4 is 17.4 Å². The molecule has 0 fully saturated rings. The molecule has 19 heavy (non-hydrogen) atoms. The summed E-state index contributed by atoms with van der Waals surface area (Å²) in [6.07, 6.45) is 5.89. The van der Waals surface area contributed by atoms with Crippen molar-refractivity contribution in [2.24, 2.45) is 0 Å². The molecule has 0 aromatic carbocycles. The molecule has 0 aliphatic carbocycles. The summed E-state index contributed by atoms with van der Waals surface area (Å²) >= 11 is 0. The van der Waals surface area contributed by atoms with Gasteiger partial charge in [-0.3, -0.25) is 9.78 Å². The summed E-state index contributed by atoms with van der Waals surface area (Å²) < 4.78 is 0. The average Bonchev–Trinajstić information content (AvgIpc) is 2.40. The van der Waals surface area contributed by atoms with Gasteiger partial charge < -0.3 is 11.1 Å². The molecule has 0 spiro atoms. The molecule has 2 rings (SSSR count). The van der Waals surface area contributed by atoms with Crippen LogP contribution in [-0.4, -0.2) is 25.8 Å². The molecule has 0 bridgehead atoms. The SMILES string of the molecule is CC(C)c1ncc(N)c(C(=O)Nc2cnccn2)n1. The van der Waals surface area contributed by atoms with Gasteiger partial charge in [-0.05, 0) is 0 Å². The molecule has 2 aromatic rings. The number of hydrogen-bond donors (Lipinski definition) is 2. The minimum Gasteiger partial charge on any atom is -0.396 e. The van der Waals surface area contributed by atoms with Crippen LogP contribution in [0.1, 0.15) is 36.1 Å². The van der Waals surface area contributed by atoms with E-state index in [1.807, 2.05) is 13.8 Å². The van der Waals surface area contributed by atoms with Gasteiger partial charge in [-0.2, -0.15) is 0 Å². The molecule has 1 amide bonds. The number of nitrogens with one attached hydrogen (secondary N) is 1. The van der Waals surface area contributed by atoms with E-state index in [4.69, 9.17) is 5.73 Å². The molecule has 0 aliphatic rings. The smallest absolute Gasteiger partial charge is 0.277 e. The second-order valence-electron chi connectivity index (χ2n) is 4.23. The van der Waals surface area contributed by atoms with Crippen LogP contribution in [0.5, 0.6) is 0 Å². The van der Waals surface area contributed by atoms with Crippen molar-refractivity contribution in [2.75, 3.05) is 11.1 Å². The molecule has 7 nitrogen and oxygen atoms in total. The monoisotopic (exact) mass is 258 g/mol. The molecule has 0 atom stereocenters. The third-order valence-corrected chi connectivity index (χ3v) is 2.37. The Bertz CT molecular complexity index is 584. The molecule has 0 aliphatic heterocycles. The van der Waals surface area contributed by atoms with Crippen molar-refractivity contribution in [3.8, 4) is 0 Å². The number of rotatable bonds is 3. The van der Waals surface area contributed by atoms with Gasteiger partial charge in [-0.15, -0.1) is 0 Å². The van der Waals surface area contributed by atoms with E-state index in [0.717, 1.165) is 0 Å². The fourth-order valence-corrected chi connectivity index (χ4v) is 1.40. The number of nitrogens with two attached hydrogens (primary N) is 1. The summed E-state index contributed by atoms with van der Waals surface area (Å²) in [5, 5.41) is 2.58. The third kappa shape index (κ3) is 3.01. The van der Waals surface area contributed by atoms with Gasteiger partial charge in [0.05, 0.1) is 18.1 Å². The van der Waals surface area contributed by atoms with E-state index < -0.39 is 5.91 Å². The van der Waals surface area contributed by atoms with Gasteiger partial charge in [-0.25, -0.2) is 15.0 Å². The predicted octanol–water partition coefficient (Wildman–Crippen LogP) is 1.22. The Balaban J connectivity index is 2.26. The first-order valence-corrected chi connectivity index (χ1v) is 5.77. The van der Waals surface area contributed by atoms with Crippen molar-refractivity contribution in [1.29, 1.82) is 0 Å². The average molecular weight is 258 g/mol. The molecule has 0 radical (unpaired) electrons. The summed E-state index contributed by atoms with van der Waals surface area (Å²) in [5.74, 6) is 0.598. The standard InChI is InChI=1S/C12H14N6O/c1-7(2)11-16-5-8(13)10(18-11)12(19)17-9-6-14-3-4-15-9/h3-7H,13H2,1-2H3,(H,15,17,19). The molecular weight excluding hydrogens is 244 g/mol. The number of aromatic nitrogens is 4. The maximum Gasteiger partial charge on any atom is 0.277 e. The van der Waals surface area contributed by atoms with Crippen LogP contribution < -0.4 is 11.1 Å². The van der Waals surface area contributed by atoms with Crippen molar-refractivity contribution in [1.82, 2.24) is 19.9 Å². The number of amides is 1. The second kappa shape index (κ2) is 5.38. The van der Waals surface area contributed by atoms with Gasteiger partial charge in [0.1, 0.15) is 5.82 Å². The first-order chi connectivity index (χ1) is 9.08. The Morgan fingerprint density at radius 3 is 2.68 bits per heavy atom. The first-order valence-electron chi connectivity index (χ1n) is 5.77. The zero-order valence-electron chi connectivity index (χ0n) is 10.7. The predicted molar refractivity (Wildman–Crippen MR) is 70.5 cm³/mol. The highest BCUT2D eigenvalue weighted by Crippen LogP contribution is 2.14. The minimum absolute atomic E-state index is 0.115. The summed E-state index contributed by atoms with van der Waals surface area (Å²) in [5.41, 5.74) is 6.09. The lowest BCUT2D eigenvalue weighted by Crippen LogP contribution is -2.18. The molecule has 7 heteroatoms. The second-order valence-corrected chi connectivity index (χ2v) is 4.23. The van der Waals surface area contributed by atoms with Crippen LogP contribution in [0.15, 0.2) is 24.8 Å². The third-order valence-electron chi connectivity index (χ3n) is 2.37. The van der Waals surface area contributed by atoms with Gasteiger partial charge >= 0.3 is 0 Å². The lowest BCUT2D eigenvalue weighted by Gasteiger charge is -2.08. The van der Waals surface area contributed by atoms with E-state index in [9.17, 15) is 4.79 Å². The highest BCUT2D eigenvalue weighted by molar-refractivity contribution is 6.05. The normalized spacial score (nSPS) is 10.5. The van der Waals surface area contributed by atoms with Crippen LogP contribution in [0.4, 0.5) is 11.5 Å². The Labute approximate surface area is 110 Å². The van der Waals surface area contributed by atoms with Gasteiger partial charge in [-0.1, -0.05) is 13.8 Å². The van der Waals surface area contributed by atoms with Crippen LogP contribution in [0, 0.1) is 0 Å². The molecule has 2 heterocycles. The molecule has 2 aromatic heterocycles. The van der Waals surface area contributed by atoms with E-state index in [0.29, 0.717) is 11.6 Å². The van der Waals surface area contributed by atoms with E-state index in [1.54, 1.807) is 0 Å². The fourth-order valence-electron chi connectivity index (χ4n) is 1.40. The number of nitrogens with zero attached hydrogens (tertiary/aromatic N) is 4. The molecule has 3 N–H and O–H groups in total. The summed E-state index contributed by atoms with van der Waals surface area (Å²) in [6.45, 7) is 3.88. The Morgan fingerprint density at radius 1 is 1.26 bits per heavy atom. The fraction of sp³-hybridized carbons (Fsp3) is 0.250. The van der Waals surface area contributed by atoms with Crippen molar-refractivity contribution in [3.05, 3.63) is 36.3 Å². The zero-order chi connectivity index (χ0) is 13.8. The van der Waals surface area contributed by atoms with E-state index in [1.165, 1.54) is 24.8 Å². The summed E-state index contributed by atoms with van der Waals surface area (Å²) in [6, 6.07) is 0. The van der Waals surface area contributed by atoms with E-state index in [-0.39, 0.29) is 17.3 Å². The number of hydrogen-bond acceptors (Lipinski definition) is 6. The van der Waals surface area contributed by atoms with Crippen molar-refractivity contribution in [2.45, 2.75) is 19.8 Å². The maximum absolute atomic E-state index is 12.1. The topological polar surface area (TPSA) is 107 Å². The lowest BCUT2D eigenvalue weighted by molar-refractivity contribution is 0.102. The van der Waals surface area contributed by atoms with Gasteiger partial charge in [0.15, 0.2) is 11.5 Å². The number of nitrogen functional groups attached to an aromatic ring is 1. The summed E-state index contributed by atoms with van der Waals surface area (Å²) in [4.78, 5) is 28.1. The highest BCUT2D eigenvalue weighted by atomic mass is 16.2. The molecule has 0 saturated carbocycles. The number of carbonyl (C=O) groups is 1. The Morgan fingerprint density at radius 2 is 2.05 bits per heavy atom.